The van der Waals surface area contributed by atoms with E-state index in [1.807, 2.05) is 12.1 Å². The molecule has 0 spiro atoms. The molecule has 1 saturated heterocycles. The van der Waals surface area contributed by atoms with E-state index in [-0.39, 0.29) is 17.7 Å². The number of piperidine rings is 1. The van der Waals surface area contributed by atoms with E-state index in [0.29, 0.717) is 48.0 Å². The van der Waals surface area contributed by atoms with Gasteiger partial charge in [0, 0.05) is 29.6 Å². The first-order valence-electron chi connectivity index (χ1n) is 9.61. The van der Waals surface area contributed by atoms with Gasteiger partial charge in [-0.05, 0) is 48.7 Å². The fourth-order valence-electron chi connectivity index (χ4n) is 3.35. The first kappa shape index (κ1) is 21.6. The Hall–Kier alpha value is -3.06. The molecule has 0 radical (unpaired) electrons. The smallest absolute Gasteiger partial charge is 0.253 e. The molecule has 1 fully saturated rings. The Morgan fingerprint density at radius 1 is 1.10 bits per heavy atom. The molecule has 1 N–H and O–H groups in total. The summed E-state index contributed by atoms with van der Waals surface area (Å²) in [7, 11) is 3.08. The average Bonchev–Trinajstić information content (AvgIpc) is 2.78. The third kappa shape index (κ3) is 5.30. The maximum Gasteiger partial charge on any atom is 0.253 e. The molecule has 3 rings (SSSR count). The van der Waals surface area contributed by atoms with Gasteiger partial charge < -0.3 is 14.4 Å². The van der Waals surface area contributed by atoms with Crippen LogP contribution in [0.5, 0.6) is 11.5 Å². The van der Waals surface area contributed by atoms with E-state index >= 15 is 0 Å². The number of rotatable bonds is 6. The van der Waals surface area contributed by atoms with E-state index in [1.54, 1.807) is 48.6 Å². The van der Waals surface area contributed by atoms with Crippen molar-refractivity contribution in [3.05, 3.63) is 58.6 Å². The van der Waals surface area contributed by atoms with Crippen LogP contribution >= 0.6 is 11.6 Å². The average molecular weight is 430 g/mol. The summed E-state index contributed by atoms with van der Waals surface area (Å²) in [6.07, 6.45) is 2.72. The van der Waals surface area contributed by atoms with Crippen molar-refractivity contribution in [2.24, 2.45) is 11.0 Å². The highest BCUT2D eigenvalue weighted by Gasteiger charge is 2.28. The van der Waals surface area contributed by atoms with Gasteiger partial charge >= 0.3 is 0 Å². The van der Waals surface area contributed by atoms with E-state index in [4.69, 9.17) is 21.1 Å². The molecule has 0 aliphatic carbocycles. The van der Waals surface area contributed by atoms with Crippen molar-refractivity contribution < 1.29 is 19.1 Å². The molecule has 30 heavy (non-hydrogen) atoms. The maximum atomic E-state index is 12.8. The van der Waals surface area contributed by atoms with Gasteiger partial charge in [-0.15, -0.1) is 0 Å². The van der Waals surface area contributed by atoms with Gasteiger partial charge in [-0.3, -0.25) is 9.59 Å². The summed E-state index contributed by atoms with van der Waals surface area (Å²) in [5.41, 5.74) is 3.91. The van der Waals surface area contributed by atoms with E-state index in [2.05, 4.69) is 10.5 Å². The van der Waals surface area contributed by atoms with Gasteiger partial charge in [0.05, 0.1) is 20.4 Å². The van der Waals surface area contributed by atoms with Crippen molar-refractivity contribution >= 4 is 29.6 Å². The Morgan fingerprint density at radius 3 is 2.50 bits per heavy atom. The van der Waals surface area contributed by atoms with Crippen molar-refractivity contribution in [3.8, 4) is 11.5 Å². The first-order valence-corrected chi connectivity index (χ1v) is 9.99. The van der Waals surface area contributed by atoms with Crippen LogP contribution in [0.15, 0.2) is 47.6 Å². The van der Waals surface area contributed by atoms with Crippen LogP contribution in [0.4, 0.5) is 0 Å². The van der Waals surface area contributed by atoms with Crippen molar-refractivity contribution in [1.82, 2.24) is 10.3 Å². The van der Waals surface area contributed by atoms with Gasteiger partial charge in [0.1, 0.15) is 0 Å². The molecule has 2 aromatic carbocycles. The van der Waals surface area contributed by atoms with Gasteiger partial charge in [0.25, 0.3) is 5.91 Å². The second-order valence-corrected chi connectivity index (χ2v) is 7.36. The molecule has 2 aromatic rings. The standard InChI is InChI=1S/C22H24ClN3O4/c1-29-19-7-6-17(13-20(19)30-2)22(28)26-10-8-16(9-11-26)21(27)25-24-14-15-4-3-5-18(23)12-15/h3-7,12-14,16H,8-11H2,1-2H3,(H,25,27)/b24-14-. The van der Waals surface area contributed by atoms with Crippen LogP contribution in [0.2, 0.25) is 5.02 Å². The Morgan fingerprint density at radius 2 is 1.83 bits per heavy atom. The molecule has 7 nitrogen and oxygen atoms in total. The van der Waals surface area contributed by atoms with Gasteiger partial charge in [-0.1, -0.05) is 23.7 Å². The number of benzene rings is 2. The molecule has 158 valence electrons. The molecule has 2 amide bonds. The molecular formula is C22H24ClN3O4. The summed E-state index contributed by atoms with van der Waals surface area (Å²) in [5.74, 6) is 0.661. The Balaban J connectivity index is 1.52. The first-order chi connectivity index (χ1) is 14.5. The lowest BCUT2D eigenvalue weighted by Crippen LogP contribution is -2.42. The fourth-order valence-corrected chi connectivity index (χ4v) is 3.54. The third-order valence-corrected chi connectivity index (χ3v) is 5.26. The van der Waals surface area contributed by atoms with E-state index in [9.17, 15) is 9.59 Å². The van der Waals surface area contributed by atoms with Crippen molar-refractivity contribution in [3.63, 3.8) is 0 Å². The van der Waals surface area contributed by atoms with E-state index < -0.39 is 0 Å². The lowest BCUT2D eigenvalue weighted by Gasteiger charge is -2.31. The number of halogens is 1. The maximum absolute atomic E-state index is 12.8. The molecule has 0 atom stereocenters. The van der Waals surface area contributed by atoms with Crippen LogP contribution in [0.1, 0.15) is 28.8 Å². The van der Waals surface area contributed by atoms with Crippen LogP contribution < -0.4 is 14.9 Å². The van der Waals surface area contributed by atoms with Crippen LogP contribution in [-0.4, -0.2) is 50.2 Å². The van der Waals surface area contributed by atoms with Crippen LogP contribution in [-0.2, 0) is 4.79 Å². The predicted molar refractivity (Wildman–Crippen MR) is 115 cm³/mol. The van der Waals surface area contributed by atoms with E-state index in [0.717, 1.165) is 5.56 Å². The molecule has 0 bridgehead atoms. The predicted octanol–water partition coefficient (Wildman–Crippen LogP) is 3.36. The molecule has 0 unspecified atom stereocenters. The van der Waals surface area contributed by atoms with Gasteiger partial charge in [0.15, 0.2) is 11.5 Å². The normalized spacial score (nSPS) is 14.6. The molecule has 8 heteroatoms. The SMILES string of the molecule is COc1ccc(C(=O)N2CCC(C(=O)N/N=C\c3cccc(Cl)c3)CC2)cc1OC. The second-order valence-electron chi connectivity index (χ2n) is 6.93. The number of hydrogen-bond donors (Lipinski definition) is 1. The highest BCUT2D eigenvalue weighted by atomic mass is 35.5. The summed E-state index contributed by atoms with van der Waals surface area (Å²) in [6.45, 7) is 1.01. The number of carbonyl (C=O) groups excluding carboxylic acids is 2. The summed E-state index contributed by atoms with van der Waals surface area (Å²) >= 11 is 5.93. The monoisotopic (exact) mass is 429 g/mol. The Kier molecular flexibility index (Phi) is 7.30. The summed E-state index contributed by atoms with van der Waals surface area (Å²) in [5, 5.41) is 4.61. The molecule has 0 saturated carbocycles. The van der Waals surface area contributed by atoms with E-state index in [1.165, 1.54) is 7.11 Å². The fraction of sp³-hybridized carbons (Fsp3) is 0.318. The number of ether oxygens (including phenoxy) is 2. The number of carbonyl (C=O) groups is 2. The number of hydrazone groups is 1. The quantitative estimate of drug-likeness (QED) is 0.564. The molecule has 1 heterocycles. The zero-order valence-corrected chi connectivity index (χ0v) is 17.7. The number of likely N-dealkylation sites (tertiary alicyclic amines) is 1. The number of methoxy groups -OCH3 is 2. The van der Waals surface area contributed by atoms with Crippen molar-refractivity contribution in [2.75, 3.05) is 27.3 Å². The molecule has 1 aliphatic heterocycles. The largest absolute Gasteiger partial charge is 0.493 e. The van der Waals surface area contributed by atoms with Gasteiger partial charge in [-0.2, -0.15) is 5.10 Å². The topological polar surface area (TPSA) is 80.2 Å². The second kappa shape index (κ2) is 10.1. The van der Waals surface area contributed by atoms with Crippen LogP contribution in [0.3, 0.4) is 0 Å². The van der Waals surface area contributed by atoms with Crippen LogP contribution in [0, 0.1) is 5.92 Å². The molecular weight excluding hydrogens is 406 g/mol. The zero-order chi connectivity index (χ0) is 21.5. The lowest BCUT2D eigenvalue weighted by molar-refractivity contribution is -0.126. The minimum Gasteiger partial charge on any atom is -0.493 e. The van der Waals surface area contributed by atoms with Crippen molar-refractivity contribution in [1.29, 1.82) is 0 Å². The highest BCUT2D eigenvalue weighted by Crippen LogP contribution is 2.29. The van der Waals surface area contributed by atoms with Gasteiger partial charge in [-0.25, -0.2) is 5.43 Å². The lowest BCUT2D eigenvalue weighted by atomic mass is 9.95. The zero-order valence-electron chi connectivity index (χ0n) is 16.9. The van der Waals surface area contributed by atoms with Crippen LogP contribution in [0.25, 0.3) is 0 Å². The number of nitrogens with zero attached hydrogens (tertiary/aromatic N) is 2. The Bertz CT molecular complexity index is 940. The minimum atomic E-state index is -0.184. The Labute approximate surface area is 180 Å². The summed E-state index contributed by atoms with van der Waals surface area (Å²) in [6, 6.07) is 12.3. The molecule has 0 aromatic heterocycles. The van der Waals surface area contributed by atoms with Crippen molar-refractivity contribution in [2.45, 2.75) is 12.8 Å². The molecule has 1 aliphatic rings. The number of nitrogens with one attached hydrogen (secondary N) is 1. The minimum absolute atomic E-state index is 0.0891. The summed E-state index contributed by atoms with van der Waals surface area (Å²) in [4.78, 5) is 26.9. The number of hydrogen-bond acceptors (Lipinski definition) is 5. The third-order valence-electron chi connectivity index (χ3n) is 5.02. The number of amides is 2. The van der Waals surface area contributed by atoms with Gasteiger partial charge in [0.2, 0.25) is 5.91 Å². The summed E-state index contributed by atoms with van der Waals surface area (Å²) < 4.78 is 10.5. The highest BCUT2D eigenvalue weighted by molar-refractivity contribution is 6.30.